The van der Waals surface area contributed by atoms with Gasteiger partial charge in [0, 0.05) is 42.9 Å². The molecule has 3 fully saturated rings. The maximum Gasteiger partial charge on any atom is 0.258 e. The van der Waals surface area contributed by atoms with Gasteiger partial charge in [-0.05, 0) is 56.1 Å². The van der Waals surface area contributed by atoms with Crippen molar-refractivity contribution in [1.29, 1.82) is 0 Å². The molecule has 0 atom stereocenters. The van der Waals surface area contributed by atoms with Crippen molar-refractivity contribution in [3.63, 3.8) is 0 Å². The van der Waals surface area contributed by atoms with Crippen LogP contribution in [0.1, 0.15) is 76.5 Å². The van der Waals surface area contributed by atoms with E-state index in [9.17, 15) is 4.79 Å². The molecule has 0 bridgehead atoms. The van der Waals surface area contributed by atoms with E-state index in [1.165, 1.54) is 44.9 Å². The van der Waals surface area contributed by atoms with E-state index in [1.54, 1.807) is 12.4 Å². The molecule has 0 radical (unpaired) electrons. The Balaban J connectivity index is 1.28. The van der Waals surface area contributed by atoms with Gasteiger partial charge in [0.1, 0.15) is 0 Å². The lowest BCUT2D eigenvalue weighted by atomic mass is 9.73. The Labute approximate surface area is 178 Å². The van der Waals surface area contributed by atoms with Crippen LogP contribution < -0.4 is 0 Å². The van der Waals surface area contributed by atoms with E-state index in [4.69, 9.17) is 9.51 Å². The first kappa shape index (κ1) is 19.7. The largest absolute Gasteiger partial charge is 0.343 e. The third-order valence-electron chi connectivity index (χ3n) is 7.47. The van der Waals surface area contributed by atoms with Crippen molar-refractivity contribution in [1.82, 2.24) is 20.0 Å². The van der Waals surface area contributed by atoms with Gasteiger partial charge >= 0.3 is 0 Å². The van der Waals surface area contributed by atoms with Crippen LogP contribution in [0.2, 0.25) is 0 Å². The smallest absolute Gasteiger partial charge is 0.258 e. The third-order valence-corrected chi connectivity index (χ3v) is 7.47. The Hall–Kier alpha value is -2.24. The van der Waals surface area contributed by atoms with Crippen molar-refractivity contribution < 1.29 is 9.32 Å². The number of carbonyl (C=O) groups is 1. The molecule has 160 valence electrons. The number of hydrogen-bond donors (Lipinski definition) is 0. The zero-order valence-electron chi connectivity index (χ0n) is 17.8. The van der Waals surface area contributed by atoms with Crippen LogP contribution in [0.5, 0.6) is 0 Å². The van der Waals surface area contributed by atoms with Gasteiger partial charge in [-0.25, -0.2) is 0 Å². The van der Waals surface area contributed by atoms with Crippen molar-refractivity contribution in [2.45, 2.75) is 76.0 Å². The highest BCUT2D eigenvalue weighted by atomic mass is 16.5. The molecule has 3 aliphatic rings. The molecule has 1 saturated heterocycles. The zero-order valence-corrected chi connectivity index (χ0v) is 17.8. The molecule has 2 aromatic rings. The number of rotatable bonds is 6. The molecular formula is C24H32N4O2. The van der Waals surface area contributed by atoms with Gasteiger partial charge in [-0.3, -0.25) is 9.78 Å². The van der Waals surface area contributed by atoms with E-state index < -0.39 is 0 Å². The zero-order chi connectivity index (χ0) is 20.4. The number of carbonyl (C=O) groups excluding carboxylic acids is 1. The summed E-state index contributed by atoms with van der Waals surface area (Å²) in [5, 5.41) is 4.42. The highest BCUT2D eigenvalue weighted by Crippen LogP contribution is 2.47. The van der Waals surface area contributed by atoms with Gasteiger partial charge in [0.05, 0.1) is 0 Å². The number of piperidine rings is 1. The first-order chi connectivity index (χ1) is 14.7. The minimum atomic E-state index is -0.0580. The molecule has 5 rings (SSSR count). The van der Waals surface area contributed by atoms with Gasteiger partial charge in [0.15, 0.2) is 5.82 Å². The molecule has 0 spiro atoms. The quantitative estimate of drug-likeness (QED) is 0.689. The Morgan fingerprint density at radius 3 is 2.47 bits per heavy atom. The topological polar surface area (TPSA) is 72.1 Å². The standard InChI is InChI=1S/C24H32N4O2/c29-21(16-18-4-2-1-3-5-18)28-14-10-24(11-15-28,17-19-6-7-19)23-26-22(30-27-23)20-8-12-25-13-9-20/h8-9,12-13,18-19H,1-7,10-11,14-17H2. The fraction of sp³-hybridized carbons (Fsp3) is 0.667. The van der Waals surface area contributed by atoms with E-state index in [0.29, 0.717) is 17.7 Å². The highest BCUT2D eigenvalue weighted by molar-refractivity contribution is 5.76. The minimum absolute atomic E-state index is 0.0580. The molecular weight excluding hydrogens is 376 g/mol. The Kier molecular flexibility index (Phi) is 5.57. The van der Waals surface area contributed by atoms with E-state index in [-0.39, 0.29) is 5.41 Å². The van der Waals surface area contributed by atoms with Gasteiger partial charge in [-0.15, -0.1) is 0 Å². The summed E-state index contributed by atoms with van der Waals surface area (Å²) in [6.07, 6.45) is 16.2. The average molecular weight is 409 g/mol. The maximum atomic E-state index is 12.9. The first-order valence-corrected chi connectivity index (χ1v) is 11.7. The number of hydrogen-bond acceptors (Lipinski definition) is 5. The van der Waals surface area contributed by atoms with Crippen LogP contribution in [0.15, 0.2) is 29.0 Å². The SMILES string of the molecule is O=C(CC1CCCCC1)N1CCC(CC2CC2)(c2noc(-c3ccncc3)n2)CC1. The molecule has 6 nitrogen and oxygen atoms in total. The molecule has 3 heterocycles. The van der Waals surface area contributed by atoms with Crippen molar-refractivity contribution in [2.24, 2.45) is 11.8 Å². The maximum absolute atomic E-state index is 12.9. The number of nitrogens with zero attached hydrogens (tertiary/aromatic N) is 4. The van der Waals surface area contributed by atoms with E-state index >= 15 is 0 Å². The van der Waals surface area contributed by atoms with Crippen molar-refractivity contribution in [2.75, 3.05) is 13.1 Å². The van der Waals surface area contributed by atoms with Crippen LogP contribution in [-0.2, 0) is 10.2 Å². The van der Waals surface area contributed by atoms with E-state index in [2.05, 4.69) is 15.0 Å². The highest BCUT2D eigenvalue weighted by Gasteiger charge is 2.44. The van der Waals surface area contributed by atoms with Crippen LogP contribution >= 0.6 is 0 Å². The molecule has 1 aliphatic heterocycles. The van der Waals surface area contributed by atoms with Crippen LogP contribution in [-0.4, -0.2) is 39.0 Å². The predicted molar refractivity (Wildman–Crippen MR) is 114 cm³/mol. The lowest BCUT2D eigenvalue weighted by molar-refractivity contribution is -0.134. The molecule has 2 aliphatic carbocycles. The summed E-state index contributed by atoms with van der Waals surface area (Å²) < 4.78 is 5.64. The van der Waals surface area contributed by atoms with Crippen LogP contribution in [0, 0.1) is 11.8 Å². The molecule has 0 unspecified atom stereocenters. The predicted octanol–water partition coefficient (Wildman–Crippen LogP) is 4.76. The Bertz CT molecular complexity index is 847. The van der Waals surface area contributed by atoms with Gasteiger partial charge in [0.2, 0.25) is 5.91 Å². The van der Waals surface area contributed by atoms with Gasteiger partial charge in [-0.1, -0.05) is 37.3 Å². The number of aromatic nitrogens is 3. The summed E-state index contributed by atoms with van der Waals surface area (Å²) in [5.74, 6) is 3.13. The molecule has 0 aromatic carbocycles. The van der Waals surface area contributed by atoms with E-state index in [0.717, 1.165) is 56.1 Å². The van der Waals surface area contributed by atoms with Crippen LogP contribution in [0.25, 0.3) is 11.5 Å². The molecule has 1 amide bonds. The summed E-state index contributed by atoms with van der Waals surface area (Å²) in [5.41, 5.74) is 0.850. The molecule has 0 N–H and O–H groups in total. The van der Waals surface area contributed by atoms with Crippen LogP contribution in [0.3, 0.4) is 0 Å². The van der Waals surface area contributed by atoms with Crippen LogP contribution in [0.4, 0.5) is 0 Å². The molecule has 30 heavy (non-hydrogen) atoms. The van der Waals surface area contributed by atoms with Gasteiger partial charge in [0.25, 0.3) is 5.89 Å². The summed E-state index contributed by atoms with van der Waals surface area (Å²) in [4.78, 5) is 23.9. The summed E-state index contributed by atoms with van der Waals surface area (Å²) >= 11 is 0. The first-order valence-electron chi connectivity index (χ1n) is 11.7. The Morgan fingerprint density at radius 1 is 1.03 bits per heavy atom. The third kappa shape index (κ3) is 4.28. The number of pyridine rings is 1. The number of likely N-dealkylation sites (tertiary alicyclic amines) is 1. The fourth-order valence-corrected chi connectivity index (χ4v) is 5.40. The van der Waals surface area contributed by atoms with Gasteiger partial charge in [-0.2, -0.15) is 4.98 Å². The second-order valence-electron chi connectivity index (χ2n) is 9.68. The van der Waals surface area contributed by atoms with E-state index in [1.807, 2.05) is 12.1 Å². The van der Waals surface area contributed by atoms with Gasteiger partial charge < -0.3 is 9.42 Å². The average Bonchev–Trinajstić information content (AvgIpc) is 3.45. The fourth-order valence-electron chi connectivity index (χ4n) is 5.40. The second kappa shape index (κ2) is 8.48. The number of amides is 1. The normalized spacial score (nSPS) is 22.2. The monoisotopic (exact) mass is 408 g/mol. The molecule has 6 heteroatoms. The summed E-state index contributed by atoms with van der Waals surface area (Å²) in [6, 6.07) is 3.80. The van der Waals surface area contributed by atoms with Crippen molar-refractivity contribution >= 4 is 5.91 Å². The van der Waals surface area contributed by atoms with Crippen molar-refractivity contribution in [3.8, 4) is 11.5 Å². The minimum Gasteiger partial charge on any atom is -0.343 e. The Morgan fingerprint density at radius 2 is 1.77 bits per heavy atom. The summed E-state index contributed by atoms with van der Waals surface area (Å²) in [7, 11) is 0. The lowest BCUT2D eigenvalue weighted by Crippen LogP contribution is -2.46. The lowest BCUT2D eigenvalue weighted by Gasteiger charge is -2.40. The second-order valence-corrected chi connectivity index (χ2v) is 9.68. The molecule has 2 aromatic heterocycles. The van der Waals surface area contributed by atoms with Crippen molar-refractivity contribution in [3.05, 3.63) is 30.4 Å². The molecule has 2 saturated carbocycles. The summed E-state index contributed by atoms with van der Waals surface area (Å²) in [6.45, 7) is 1.63.